The molecule has 0 bridgehead atoms. The molecule has 2 aromatic carbocycles. The number of nitrogens with one attached hydrogen (secondary N) is 1. The first-order valence-corrected chi connectivity index (χ1v) is 7.61. The molecule has 0 atom stereocenters. The molecular weight excluding hydrogens is 334 g/mol. The van der Waals surface area contributed by atoms with Gasteiger partial charge in [-0.2, -0.15) is 5.26 Å². The van der Waals surface area contributed by atoms with Crippen LogP contribution in [0.3, 0.4) is 0 Å². The largest absolute Gasteiger partial charge is 0.330 e. The maximum atomic E-state index is 9.22. The Kier molecular flexibility index (Phi) is 3.43. The second-order valence-corrected chi connectivity index (χ2v) is 6.27. The maximum absolute atomic E-state index is 9.22. The molecule has 0 amide bonds. The van der Waals surface area contributed by atoms with E-state index in [2.05, 4.69) is 45.3 Å². The first-order valence-electron chi connectivity index (χ1n) is 6.00. The summed E-state index contributed by atoms with van der Waals surface area (Å²) < 4.78 is 1.92. The van der Waals surface area contributed by atoms with E-state index in [1.165, 1.54) is 5.56 Å². The van der Waals surface area contributed by atoms with Crippen molar-refractivity contribution in [2.75, 3.05) is 5.32 Å². The van der Waals surface area contributed by atoms with Gasteiger partial charge in [-0.15, -0.1) is 0 Å². The SMILES string of the molecule is Cc1ccc2nc(Nc3cccc(Br)c3C#N)sc2c1. The molecule has 0 saturated heterocycles. The fraction of sp³-hybridized carbons (Fsp3) is 0.0667. The highest BCUT2D eigenvalue weighted by Gasteiger charge is 2.09. The summed E-state index contributed by atoms with van der Waals surface area (Å²) >= 11 is 4.97. The lowest BCUT2D eigenvalue weighted by molar-refractivity contribution is 1.40. The Bertz CT molecular complexity index is 833. The van der Waals surface area contributed by atoms with Crippen LogP contribution in [0.2, 0.25) is 0 Å². The molecule has 3 nitrogen and oxygen atoms in total. The Morgan fingerprint density at radius 2 is 2.15 bits per heavy atom. The predicted molar refractivity (Wildman–Crippen MR) is 86.5 cm³/mol. The Balaban J connectivity index is 2.02. The molecule has 3 rings (SSSR count). The molecule has 1 N–H and O–H groups in total. The minimum absolute atomic E-state index is 0.586. The summed E-state index contributed by atoms with van der Waals surface area (Å²) in [6, 6.07) is 14.0. The third-order valence-corrected chi connectivity index (χ3v) is 4.51. The maximum Gasteiger partial charge on any atom is 0.188 e. The standard InChI is InChI=1S/C15H10BrN3S/c1-9-5-6-13-14(7-9)20-15(19-13)18-12-4-2-3-11(16)10(12)8-17/h2-7H,1H3,(H,18,19). The number of nitrogens with zero attached hydrogens (tertiary/aromatic N) is 2. The van der Waals surface area contributed by atoms with Crippen LogP contribution < -0.4 is 5.32 Å². The molecule has 0 spiro atoms. The van der Waals surface area contributed by atoms with E-state index in [1.54, 1.807) is 11.3 Å². The molecule has 0 aliphatic heterocycles. The predicted octanol–water partition coefficient (Wildman–Crippen LogP) is 4.98. The van der Waals surface area contributed by atoms with E-state index in [4.69, 9.17) is 0 Å². The number of aryl methyl sites for hydroxylation is 1. The van der Waals surface area contributed by atoms with Crippen LogP contribution in [0.1, 0.15) is 11.1 Å². The lowest BCUT2D eigenvalue weighted by atomic mass is 10.2. The van der Waals surface area contributed by atoms with E-state index in [9.17, 15) is 5.26 Å². The van der Waals surface area contributed by atoms with Crippen molar-refractivity contribution in [3.05, 3.63) is 52.0 Å². The molecule has 0 unspecified atom stereocenters. The zero-order valence-corrected chi connectivity index (χ0v) is 13.0. The van der Waals surface area contributed by atoms with Crippen LogP contribution in [0.15, 0.2) is 40.9 Å². The van der Waals surface area contributed by atoms with Crippen LogP contribution >= 0.6 is 27.3 Å². The summed E-state index contributed by atoms with van der Waals surface area (Å²) in [5, 5.41) is 13.2. The number of nitriles is 1. The summed E-state index contributed by atoms with van der Waals surface area (Å²) in [6.07, 6.45) is 0. The van der Waals surface area contributed by atoms with Gasteiger partial charge in [0.15, 0.2) is 5.13 Å². The molecule has 0 aliphatic rings. The van der Waals surface area contributed by atoms with Gasteiger partial charge >= 0.3 is 0 Å². The van der Waals surface area contributed by atoms with Crippen LogP contribution in [0, 0.1) is 18.3 Å². The van der Waals surface area contributed by atoms with Gasteiger partial charge in [0.25, 0.3) is 0 Å². The van der Waals surface area contributed by atoms with E-state index in [0.29, 0.717) is 5.56 Å². The number of aromatic nitrogens is 1. The molecule has 0 radical (unpaired) electrons. The Labute approximate surface area is 129 Å². The van der Waals surface area contributed by atoms with Crippen molar-refractivity contribution < 1.29 is 0 Å². The van der Waals surface area contributed by atoms with Crippen molar-refractivity contribution in [1.29, 1.82) is 5.26 Å². The minimum Gasteiger partial charge on any atom is -0.330 e. The number of benzene rings is 2. The monoisotopic (exact) mass is 343 g/mol. The molecule has 1 heterocycles. The number of anilines is 2. The first-order chi connectivity index (χ1) is 9.67. The highest BCUT2D eigenvalue weighted by atomic mass is 79.9. The van der Waals surface area contributed by atoms with Gasteiger partial charge in [-0.3, -0.25) is 0 Å². The van der Waals surface area contributed by atoms with Gasteiger partial charge in [0.1, 0.15) is 6.07 Å². The van der Waals surface area contributed by atoms with E-state index >= 15 is 0 Å². The van der Waals surface area contributed by atoms with Crippen molar-refractivity contribution in [3.8, 4) is 6.07 Å². The molecule has 20 heavy (non-hydrogen) atoms. The zero-order valence-electron chi connectivity index (χ0n) is 10.6. The number of hydrogen-bond acceptors (Lipinski definition) is 4. The number of thiazole rings is 1. The van der Waals surface area contributed by atoms with Gasteiger partial charge < -0.3 is 5.32 Å². The van der Waals surface area contributed by atoms with E-state index < -0.39 is 0 Å². The Hall–Kier alpha value is -1.90. The molecule has 0 fully saturated rings. The van der Waals surface area contributed by atoms with Gasteiger partial charge in [-0.05, 0) is 52.7 Å². The van der Waals surface area contributed by atoms with Crippen molar-refractivity contribution in [1.82, 2.24) is 4.98 Å². The minimum atomic E-state index is 0.586. The Morgan fingerprint density at radius 3 is 2.95 bits per heavy atom. The van der Waals surface area contributed by atoms with Crippen LogP contribution in [0.25, 0.3) is 10.2 Å². The zero-order chi connectivity index (χ0) is 14.1. The molecule has 0 saturated carbocycles. The molecule has 1 aromatic heterocycles. The van der Waals surface area contributed by atoms with Crippen molar-refractivity contribution in [2.24, 2.45) is 0 Å². The smallest absolute Gasteiger partial charge is 0.188 e. The lowest BCUT2D eigenvalue weighted by Gasteiger charge is -2.05. The number of hydrogen-bond donors (Lipinski definition) is 1. The van der Waals surface area contributed by atoms with Crippen LogP contribution in [0.4, 0.5) is 10.8 Å². The number of halogens is 1. The highest BCUT2D eigenvalue weighted by Crippen LogP contribution is 2.31. The van der Waals surface area contributed by atoms with Crippen molar-refractivity contribution >= 4 is 48.3 Å². The third-order valence-electron chi connectivity index (χ3n) is 2.91. The molecule has 0 aliphatic carbocycles. The molecule has 5 heteroatoms. The van der Waals surface area contributed by atoms with E-state index in [-0.39, 0.29) is 0 Å². The fourth-order valence-electron chi connectivity index (χ4n) is 1.94. The molecule has 3 aromatic rings. The number of rotatable bonds is 2. The summed E-state index contributed by atoms with van der Waals surface area (Å²) in [7, 11) is 0. The summed E-state index contributed by atoms with van der Waals surface area (Å²) in [5.41, 5.74) is 3.53. The molecular formula is C15H10BrN3S. The van der Waals surface area contributed by atoms with Crippen LogP contribution in [-0.4, -0.2) is 4.98 Å². The van der Waals surface area contributed by atoms with Gasteiger partial charge in [0.05, 0.1) is 21.5 Å². The fourth-order valence-corrected chi connectivity index (χ4v) is 3.37. The van der Waals surface area contributed by atoms with Gasteiger partial charge in [-0.1, -0.05) is 23.5 Å². The quantitative estimate of drug-likeness (QED) is 0.713. The van der Waals surface area contributed by atoms with Gasteiger partial charge in [0, 0.05) is 4.47 Å². The second-order valence-electron chi connectivity index (χ2n) is 4.39. The Morgan fingerprint density at radius 1 is 1.30 bits per heavy atom. The van der Waals surface area contributed by atoms with Crippen molar-refractivity contribution in [3.63, 3.8) is 0 Å². The summed E-state index contributed by atoms with van der Waals surface area (Å²) in [6.45, 7) is 2.06. The van der Waals surface area contributed by atoms with Gasteiger partial charge in [0.2, 0.25) is 0 Å². The summed E-state index contributed by atoms with van der Waals surface area (Å²) in [4.78, 5) is 4.54. The van der Waals surface area contributed by atoms with Crippen molar-refractivity contribution in [2.45, 2.75) is 6.92 Å². The van der Waals surface area contributed by atoms with Crippen LogP contribution in [0.5, 0.6) is 0 Å². The topological polar surface area (TPSA) is 48.7 Å². The normalized spacial score (nSPS) is 10.4. The van der Waals surface area contributed by atoms with Gasteiger partial charge in [-0.25, -0.2) is 4.98 Å². The average molecular weight is 344 g/mol. The lowest BCUT2D eigenvalue weighted by Crippen LogP contribution is -1.93. The average Bonchev–Trinajstić information content (AvgIpc) is 2.80. The first kappa shape index (κ1) is 13.1. The molecule has 98 valence electrons. The van der Waals surface area contributed by atoms with E-state index in [1.807, 2.05) is 30.3 Å². The second kappa shape index (κ2) is 5.23. The third kappa shape index (κ3) is 2.40. The number of fused-ring (bicyclic) bond motifs is 1. The summed E-state index contributed by atoms with van der Waals surface area (Å²) in [5.74, 6) is 0. The highest BCUT2D eigenvalue weighted by molar-refractivity contribution is 9.10. The van der Waals surface area contributed by atoms with Crippen LogP contribution in [-0.2, 0) is 0 Å². The van der Waals surface area contributed by atoms with E-state index in [0.717, 1.165) is 25.5 Å².